The quantitative estimate of drug-likeness (QED) is 0.0272. The van der Waals surface area contributed by atoms with E-state index >= 15 is 0 Å². The van der Waals surface area contributed by atoms with Crippen LogP contribution in [0.5, 0.6) is 0 Å². The first-order chi connectivity index (χ1) is 34.0. The molecule has 0 aromatic heterocycles. The molecular formula is C61H123N2O6P. The van der Waals surface area contributed by atoms with Crippen LogP contribution in [0.3, 0.4) is 0 Å². The summed E-state index contributed by atoms with van der Waals surface area (Å²) in [6.07, 6.45) is 65.4. The maximum absolute atomic E-state index is 13.0. The number of phosphoric acid groups is 1. The van der Waals surface area contributed by atoms with E-state index in [4.69, 9.17) is 9.05 Å². The monoisotopic (exact) mass is 1010 g/mol. The molecule has 70 heavy (non-hydrogen) atoms. The van der Waals surface area contributed by atoms with Crippen LogP contribution in [0, 0.1) is 0 Å². The Balaban J connectivity index is 4.09. The topological polar surface area (TPSA) is 108 Å². The minimum Gasteiger partial charge on any atom is -0.756 e. The molecule has 0 saturated carbocycles. The third-order valence-corrected chi connectivity index (χ3v) is 15.5. The van der Waals surface area contributed by atoms with Gasteiger partial charge in [0.2, 0.25) is 5.91 Å². The first kappa shape index (κ1) is 69.2. The molecule has 0 radical (unpaired) electrons. The van der Waals surface area contributed by atoms with Gasteiger partial charge in [-0.3, -0.25) is 9.36 Å². The average molecular weight is 1010 g/mol. The van der Waals surface area contributed by atoms with Gasteiger partial charge in [0.25, 0.3) is 7.82 Å². The highest BCUT2D eigenvalue weighted by Gasteiger charge is 2.24. The van der Waals surface area contributed by atoms with Gasteiger partial charge in [-0.1, -0.05) is 289 Å². The Bertz CT molecular complexity index is 1150. The van der Waals surface area contributed by atoms with Gasteiger partial charge in [-0.25, -0.2) is 0 Å². The van der Waals surface area contributed by atoms with Crippen LogP contribution in [0.2, 0.25) is 0 Å². The Morgan fingerprint density at radius 1 is 0.486 bits per heavy atom. The van der Waals surface area contributed by atoms with Crippen LogP contribution in [0.15, 0.2) is 12.2 Å². The minimum absolute atomic E-state index is 0.0144. The van der Waals surface area contributed by atoms with E-state index < -0.39 is 20.0 Å². The van der Waals surface area contributed by atoms with Crippen LogP contribution in [0.25, 0.3) is 0 Å². The van der Waals surface area contributed by atoms with E-state index in [-0.39, 0.29) is 19.1 Å². The Labute approximate surface area is 437 Å². The van der Waals surface area contributed by atoms with E-state index in [1.807, 2.05) is 21.1 Å². The molecule has 9 heteroatoms. The van der Waals surface area contributed by atoms with E-state index in [0.717, 1.165) is 38.5 Å². The second-order valence-corrected chi connectivity index (χ2v) is 24.2. The molecule has 0 aliphatic carbocycles. The largest absolute Gasteiger partial charge is 0.756 e. The van der Waals surface area contributed by atoms with Crippen molar-refractivity contribution >= 4 is 13.7 Å². The van der Waals surface area contributed by atoms with Crippen molar-refractivity contribution in [2.75, 3.05) is 40.9 Å². The third kappa shape index (κ3) is 55.0. The first-order valence-electron chi connectivity index (χ1n) is 31.0. The fraction of sp³-hybridized carbons (Fsp3) is 0.951. The number of carbonyl (C=O) groups excluding carboxylic acids is 1. The number of nitrogens with one attached hydrogen (secondary N) is 1. The van der Waals surface area contributed by atoms with Crippen molar-refractivity contribution in [1.29, 1.82) is 0 Å². The molecular weight excluding hydrogens is 888 g/mol. The number of carbonyl (C=O) groups is 1. The summed E-state index contributed by atoms with van der Waals surface area (Å²) in [5.74, 6) is -0.161. The SMILES string of the molecule is CCCCCCCCCC/C=C\CCCCCCCCCCCC(=O)NC(COP(=O)([O-])OCC[N+](C)(C)C)C(O)CCCCCCCCCCCCCCCCCCCCCCCCCCCCC. The molecule has 0 aromatic carbocycles. The van der Waals surface area contributed by atoms with Crippen molar-refractivity contribution in [3.05, 3.63) is 12.2 Å². The minimum atomic E-state index is -4.57. The summed E-state index contributed by atoms with van der Waals surface area (Å²) in [7, 11) is 1.32. The average Bonchev–Trinajstić information content (AvgIpc) is 3.32. The number of aliphatic hydroxyl groups is 1. The number of amides is 1. The number of nitrogens with zero attached hydrogens (tertiary/aromatic N) is 1. The highest BCUT2D eigenvalue weighted by molar-refractivity contribution is 7.45. The molecule has 0 bridgehead atoms. The number of hydrogen-bond donors (Lipinski definition) is 2. The van der Waals surface area contributed by atoms with Crippen molar-refractivity contribution in [2.45, 2.75) is 334 Å². The van der Waals surface area contributed by atoms with Crippen molar-refractivity contribution in [3.8, 4) is 0 Å². The summed E-state index contributed by atoms with van der Waals surface area (Å²) in [5.41, 5.74) is 0. The molecule has 2 N–H and O–H groups in total. The zero-order valence-electron chi connectivity index (χ0n) is 47.8. The van der Waals surface area contributed by atoms with E-state index in [2.05, 4.69) is 31.3 Å². The zero-order chi connectivity index (χ0) is 51.3. The number of rotatable bonds is 58. The van der Waals surface area contributed by atoms with Gasteiger partial charge < -0.3 is 28.8 Å². The first-order valence-corrected chi connectivity index (χ1v) is 32.5. The molecule has 0 aliphatic rings. The molecule has 0 spiro atoms. The number of phosphoric ester groups is 1. The van der Waals surface area contributed by atoms with Crippen LogP contribution in [-0.4, -0.2) is 68.5 Å². The number of hydrogen-bond acceptors (Lipinski definition) is 6. The Morgan fingerprint density at radius 2 is 0.786 bits per heavy atom. The molecule has 0 heterocycles. The standard InChI is InChI=1S/C61H123N2O6P/c1-6-8-10-12-14-16-18-20-22-24-26-28-29-30-31-32-33-35-36-38-40-42-44-46-48-50-52-54-60(64)59(58-69-70(66,67)68-57-56-63(3,4)5)62-61(65)55-53-51-49-47-45-43-41-39-37-34-27-25-23-21-19-17-15-13-11-9-7-2/h25,27,59-60,64H,6-24,26,28-58H2,1-5H3,(H-,62,65,66,67)/b27-25-. The van der Waals surface area contributed by atoms with Crippen LogP contribution in [-0.2, 0) is 18.4 Å². The van der Waals surface area contributed by atoms with Gasteiger partial charge in [0, 0.05) is 6.42 Å². The van der Waals surface area contributed by atoms with E-state index in [1.165, 1.54) is 257 Å². The van der Waals surface area contributed by atoms with Gasteiger partial charge in [-0.2, -0.15) is 0 Å². The molecule has 3 unspecified atom stereocenters. The Hall–Kier alpha value is -0.760. The van der Waals surface area contributed by atoms with Gasteiger partial charge in [0.15, 0.2) is 0 Å². The zero-order valence-corrected chi connectivity index (χ0v) is 48.6. The predicted molar refractivity (Wildman–Crippen MR) is 302 cm³/mol. The summed E-state index contributed by atoms with van der Waals surface area (Å²) in [6, 6.07) is -0.800. The van der Waals surface area contributed by atoms with Crippen molar-refractivity contribution in [3.63, 3.8) is 0 Å². The van der Waals surface area contributed by atoms with Crippen molar-refractivity contribution in [1.82, 2.24) is 5.32 Å². The molecule has 1 amide bonds. The molecule has 0 fully saturated rings. The van der Waals surface area contributed by atoms with Gasteiger partial charge in [0.05, 0.1) is 39.9 Å². The molecule has 0 aliphatic heterocycles. The lowest BCUT2D eigenvalue weighted by Gasteiger charge is -2.30. The second-order valence-electron chi connectivity index (χ2n) is 22.8. The van der Waals surface area contributed by atoms with E-state index in [0.29, 0.717) is 23.9 Å². The third-order valence-electron chi connectivity index (χ3n) is 14.5. The maximum Gasteiger partial charge on any atom is 0.268 e. The number of aliphatic hydroxyl groups excluding tert-OH is 1. The summed E-state index contributed by atoms with van der Waals surface area (Å²) in [5, 5.41) is 14.1. The fourth-order valence-electron chi connectivity index (χ4n) is 9.63. The maximum atomic E-state index is 13.0. The molecule has 418 valence electrons. The van der Waals surface area contributed by atoms with Crippen LogP contribution in [0.4, 0.5) is 0 Å². The molecule has 0 saturated heterocycles. The van der Waals surface area contributed by atoms with Crippen LogP contribution in [0.1, 0.15) is 322 Å². The lowest BCUT2D eigenvalue weighted by Crippen LogP contribution is -2.46. The highest BCUT2D eigenvalue weighted by Crippen LogP contribution is 2.38. The van der Waals surface area contributed by atoms with Crippen LogP contribution >= 0.6 is 7.82 Å². The van der Waals surface area contributed by atoms with Crippen molar-refractivity contribution < 1.29 is 32.9 Å². The highest BCUT2D eigenvalue weighted by atomic mass is 31.2. The van der Waals surface area contributed by atoms with E-state index in [1.54, 1.807) is 0 Å². The molecule has 8 nitrogen and oxygen atoms in total. The van der Waals surface area contributed by atoms with Gasteiger partial charge >= 0.3 is 0 Å². The Kier molecular flexibility index (Phi) is 52.5. The number of likely N-dealkylation sites (N-methyl/N-ethyl adjacent to an activating group) is 1. The normalized spacial score (nSPS) is 13.9. The van der Waals surface area contributed by atoms with Gasteiger partial charge in [-0.05, 0) is 38.5 Å². The smallest absolute Gasteiger partial charge is 0.268 e. The molecule has 0 rings (SSSR count). The van der Waals surface area contributed by atoms with Gasteiger partial charge in [0.1, 0.15) is 13.2 Å². The summed E-state index contributed by atoms with van der Waals surface area (Å²) in [6.45, 7) is 4.77. The summed E-state index contributed by atoms with van der Waals surface area (Å²) < 4.78 is 23.5. The number of quaternary nitrogens is 1. The summed E-state index contributed by atoms with van der Waals surface area (Å²) in [4.78, 5) is 25.6. The summed E-state index contributed by atoms with van der Waals surface area (Å²) >= 11 is 0. The van der Waals surface area contributed by atoms with Crippen molar-refractivity contribution in [2.24, 2.45) is 0 Å². The lowest BCUT2D eigenvalue weighted by molar-refractivity contribution is -0.870. The van der Waals surface area contributed by atoms with E-state index in [9.17, 15) is 19.4 Å². The predicted octanol–water partition coefficient (Wildman–Crippen LogP) is 18.4. The van der Waals surface area contributed by atoms with Crippen LogP contribution < -0.4 is 10.2 Å². The number of unbranched alkanes of at least 4 members (excludes halogenated alkanes) is 43. The lowest BCUT2D eigenvalue weighted by atomic mass is 10.0. The van der Waals surface area contributed by atoms with Gasteiger partial charge in [-0.15, -0.1) is 0 Å². The molecule has 0 aromatic rings. The molecule has 3 atom stereocenters. The number of allylic oxidation sites excluding steroid dienone is 2. The fourth-order valence-corrected chi connectivity index (χ4v) is 10.4. The second kappa shape index (κ2) is 53.1. The Morgan fingerprint density at radius 3 is 1.11 bits per heavy atom.